The summed E-state index contributed by atoms with van der Waals surface area (Å²) in [7, 11) is 0. The Kier molecular flexibility index (Phi) is 13.4. The first-order valence-corrected chi connectivity index (χ1v) is 15.8. The number of amidine groups is 2. The molecular formula is C32H46N12O4. The fourth-order valence-electron chi connectivity index (χ4n) is 4.46. The summed E-state index contributed by atoms with van der Waals surface area (Å²) in [6.07, 6.45) is 7.75. The molecule has 0 fully saturated rings. The summed E-state index contributed by atoms with van der Waals surface area (Å²) in [6, 6.07) is 3.11. The van der Waals surface area contributed by atoms with E-state index in [0.29, 0.717) is 47.7 Å². The molecule has 0 unspecified atom stereocenters. The molecule has 48 heavy (non-hydrogen) atoms. The highest BCUT2D eigenvalue weighted by Crippen LogP contribution is 2.19. The van der Waals surface area contributed by atoms with Crippen LogP contribution >= 0.6 is 0 Å². The number of hydrogen-bond donors (Lipinski definition) is 8. The Bertz CT molecular complexity index is 1500. The quantitative estimate of drug-likeness (QED) is 0.0741. The van der Waals surface area contributed by atoms with Crippen LogP contribution in [0.2, 0.25) is 0 Å². The van der Waals surface area contributed by atoms with Gasteiger partial charge in [-0.2, -0.15) is 0 Å². The van der Waals surface area contributed by atoms with Crippen molar-refractivity contribution in [2.45, 2.75) is 66.5 Å². The Morgan fingerprint density at radius 2 is 1.06 bits per heavy atom. The SMILES string of the molecule is CC(C)CCn1cc(NC(=O)c2cnc(C(=O)Nc3cc(C(=O)NCCC(=N)N)n(CCC(C)C)c3)cn2)cc1C(=O)NCCC(=N)N. The number of nitrogens with zero attached hydrogens (tertiary/aromatic N) is 4. The first-order valence-electron chi connectivity index (χ1n) is 15.8. The van der Waals surface area contributed by atoms with Crippen LogP contribution in [0.15, 0.2) is 36.9 Å². The Labute approximate surface area is 279 Å². The first kappa shape index (κ1) is 36.9. The second-order valence-corrected chi connectivity index (χ2v) is 12.2. The van der Waals surface area contributed by atoms with Gasteiger partial charge in [-0.25, -0.2) is 9.97 Å². The van der Waals surface area contributed by atoms with Crippen LogP contribution in [-0.2, 0) is 13.1 Å². The van der Waals surface area contributed by atoms with Crippen LogP contribution in [0.25, 0.3) is 0 Å². The summed E-state index contributed by atoms with van der Waals surface area (Å²) in [5, 5.41) is 25.6. The van der Waals surface area contributed by atoms with Gasteiger partial charge in [0.05, 0.1) is 35.4 Å². The van der Waals surface area contributed by atoms with E-state index in [1.807, 2.05) is 0 Å². The number of amides is 4. The van der Waals surface area contributed by atoms with Crippen LogP contribution in [0.1, 0.15) is 95.3 Å². The highest BCUT2D eigenvalue weighted by molar-refractivity contribution is 6.06. The molecule has 0 saturated carbocycles. The van der Waals surface area contributed by atoms with E-state index in [4.69, 9.17) is 22.3 Å². The van der Waals surface area contributed by atoms with Crippen molar-refractivity contribution in [1.29, 1.82) is 10.8 Å². The van der Waals surface area contributed by atoms with E-state index in [9.17, 15) is 19.2 Å². The van der Waals surface area contributed by atoms with Crippen molar-refractivity contribution in [3.05, 3.63) is 59.7 Å². The van der Waals surface area contributed by atoms with Crippen molar-refractivity contribution in [1.82, 2.24) is 29.7 Å². The zero-order valence-corrected chi connectivity index (χ0v) is 27.9. The van der Waals surface area contributed by atoms with Crippen LogP contribution in [0.3, 0.4) is 0 Å². The third kappa shape index (κ3) is 11.4. The van der Waals surface area contributed by atoms with E-state index >= 15 is 0 Å². The van der Waals surface area contributed by atoms with Crippen molar-refractivity contribution < 1.29 is 19.2 Å². The third-order valence-corrected chi connectivity index (χ3v) is 7.15. The number of aryl methyl sites for hydroxylation is 2. The lowest BCUT2D eigenvalue weighted by atomic mass is 10.1. The average molecular weight is 663 g/mol. The minimum absolute atomic E-state index is 0.0314. The molecule has 0 aromatic carbocycles. The predicted molar refractivity (Wildman–Crippen MR) is 183 cm³/mol. The Balaban J connectivity index is 1.69. The smallest absolute Gasteiger partial charge is 0.275 e. The van der Waals surface area contributed by atoms with E-state index < -0.39 is 11.8 Å². The fourth-order valence-corrected chi connectivity index (χ4v) is 4.46. The van der Waals surface area contributed by atoms with Gasteiger partial charge in [0.15, 0.2) is 0 Å². The Morgan fingerprint density at radius 1 is 0.688 bits per heavy atom. The minimum Gasteiger partial charge on any atom is -0.388 e. The maximum atomic E-state index is 13.0. The molecule has 3 rings (SSSR count). The molecule has 0 radical (unpaired) electrons. The van der Waals surface area contributed by atoms with Gasteiger partial charge in [-0.15, -0.1) is 0 Å². The lowest BCUT2D eigenvalue weighted by molar-refractivity contribution is 0.0937. The Morgan fingerprint density at radius 3 is 1.38 bits per heavy atom. The summed E-state index contributed by atoms with van der Waals surface area (Å²) >= 11 is 0. The lowest BCUT2D eigenvalue weighted by Crippen LogP contribution is -2.29. The molecule has 16 nitrogen and oxygen atoms in total. The van der Waals surface area contributed by atoms with E-state index in [1.165, 1.54) is 12.4 Å². The zero-order valence-electron chi connectivity index (χ0n) is 27.9. The van der Waals surface area contributed by atoms with Crippen molar-refractivity contribution >= 4 is 46.7 Å². The molecule has 3 aromatic rings. The van der Waals surface area contributed by atoms with Crippen LogP contribution in [0.5, 0.6) is 0 Å². The molecule has 0 saturated heterocycles. The molecule has 4 amide bonds. The summed E-state index contributed by atoms with van der Waals surface area (Å²) in [6.45, 7) is 9.82. The van der Waals surface area contributed by atoms with Gasteiger partial charge in [-0.05, 0) is 36.8 Å². The molecule has 0 aliphatic rings. The Hall–Kier alpha value is -5.54. The van der Waals surface area contributed by atoms with Crippen LogP contribution < -0.4 is 32.7 Å². The summed E-state index contributed by atoms with van der Waals surface area (Å²) < 4.78 is 3.52. The number of carbonyl (C=O) groups is 4. The van der Waals surface area contributed by atoms with E-state index in [2.05, 4.69) is 58.9 Å². The molecule has 258 valence electrons. The third-order valence-electron chi connectivity index (χ3n) is 7.15. The maximum Gasteiger partial charge on any atom is 0.275 e. The van der Waals surface area contributed by atoms with E-state index in [0.717, 1.165) is 12.8 Å². The van der Waals surface area contributed by atoms with Gasteiger partial charge < -0.3 is 41.9 Å². The summed E-state index contributed by atoms with van der Waals surface area (Å²) in [4.78, 5) is 59.9. The normalized spacial score (nSPS) is 11.0. The minimum atomic E-state index is -0.582. The zero-order chi connectivity index (χ0) is 35.4. The number of rotatable bonds is 18. The summed E-state index contributed by atoms with van der Waals surface area (Å²) in [5.41, 5.74) is 12.1. The summed E-state index contributed by atoms with van der Waals surface area (Å²) in [5.74, 6) is -1.16. The van der Waals surface area contributed by atoms with Gasteiger partial charge >= 0.3 is 0 Å². The molecule has 0 aliphatic carbocycles. The molecule has 0 bridgehead atoms. The van der Waals surface area contributed by atoms with Crippen molar-refractivity contribution in [3.63, 3.8) is 0 Å². The fraction of sp³-hybridized carbons (Fsp3) is 0.438. The second kappa shape index (κ2) is 17.4. The number of hydrogen-bond acceptors (Lipinski definition) is 8. The average Bonchev–Trinajstić information content (AvgIpc) is 3.62. The predicted octanol–water partition coefficient (Wildman–Crippen LogP) is 2.79. The largest absolute Gasteiger partial charge is 0.388 e. The maximum absolute atomic E-state index is 13.0. The monoisotopic (exact) mass is 662 g/mol. The number of nitrogens with two attached hydrogens (primary N) is 2. The highest BCUT2D eigenvalue weighted by Gasteiger charge is 2.19. The second-order valence-electron chi connectivity index (χ2n) is 12.2. The molecule has 0 aliphatic heterocycles. The van der Waals surface area contributed by atoms with Crippen LogP contribution in [0, 0.1) is 22.7 Å². The molecule has 0 spiro atoms. The van der Waals surface area contributed by atoms with E-state index in [1.54, 1.807) is 33.7 Å². The number of nitrogens with one attached hydrogen (secondary N) is 6. The molecule has 16 heteroatoms. The topological polar surface area (TPSA) is 252 Å². The van der Waals surface area contributed by atoms with Gasteiger partial charge in [-0.3, -0.25) is 30.0 Å². The number of aromatic nitrogens is 4. The molecule has 3 aromatic heterocycles. The van der Waals surface area contributed by atoms with Crippen LogP contribution in [-0.4, -0.2) is 67.5 Å². The molecule has 0 atom stereocenters. The standard InChI is InChI=1S/C32H46N12O4/c1-19(2)7-11-43-17-21(13-25(43)31(47)37-9-5-27(33)34)41-29(45)23-15-40-24(16-39-23)30(46)42-22-14-26(32(48)38-10-6-28(35)36)44(18-22)12-8-20(3)4/h13-20H,5-12H2,1-4H3,(H3,33,34)(H3,35,36)(H,37,47)(H,38,48)(H,41,45)(H,42,46). The van der Waals surface area contributed by atoms with Gasteiger partial charge in [0, 0.05) is 51.4 Å². The van der Waals surface area contributed by atoms with Crippen LogP contribution in [0.4, 0.5) is 11.4 Å². The molecule has 10 N–H and O–H groups in total. The molecular weight excluding hydrogens is 616 g/mol. The number of carbonyl (C=O) groups excluding carboxylic acids is 4. The first-order chi connectivity index (χ1) is 22.7. The van der Waals surface area contributed by atoms with Crippen molar-refractivity contribution in [3.8, 4) is 0 Å². The van der Waals surface area contributed by atoms with Crippen molar-refractivity contribution in [2.24, 2.45) is 23.3 Å². The van der Waals surface area contributed by atoms with Gasteiger partial charge in [0.2, 0.25) is 0 Å². The van der Waals surface area contributed by atoms with Gasteiger partial charge in [-0.1, -0.05) is 27.7 Å². The molecule has 3 heterocycles. The highest BCUT2D eigenvalue weighted by atomic mass is 16.2. The van der Waals surface area contributed by atoms with Crippen molar-refractivity contribution in [2.75, 3.05) is 23.7 Å². The lowest BCUT2D eigenvalue weighted by Gasteiger charge is -2.11. The van der Waals surface area contributed by atoms with Gasteiger partial charge in [0.1, 0.15) is 22.8 Å². The van der Waals surface area contributed by atoms with E-state index in [-0.39, 0.29) is 60.8 Å². The van der Waals surface area contributed by atoms with Gasteiger partial charge in [0.25, 0.3) is 23.6 Å². The number of anilines is 2.